The number of aromatic nitrogens is 5. The molecule has 3 heterocycles. The second kappa shape index (κ2) is 8.93. The van der Waals surface area contributed by atoms with Gasteiger partial charge < -0.3 is 14.5 Å². The highest BCUT2D eigenvalue weighted by atomic mass is 16.5. The Hall–Kier alpha value is -2.78. The standard InChI is InChI=1S/C21H28N6O3/c1-14-6-8-26(9-7-14)19(20-23-24-25-27(20)10-11-29-2)17-12-15-4-5-16(30-3)13-18(15)22-21(17)28/h4-5,12-14,19H,6-11H2,1-3H3,(H,22,28)/t19-/m0/s1. The highest BCUT2D eigenvalue weighted by molar-refractivity contribution is 5.80. The number of tetrazole rings is 1. The van der Waals surface area contributed by atoms with E-state index in [0.717, 1.165) is 36.8 Å². The Labute approximate surface area is 175 Å². The number of nitrogens with zero attached hydrogens (tertiary/aromatic N) is 5. The summed E-state index contributed by atoms with van der Waals surface area (Å²) in [5.41, 5.74) is 1.25. The fraction of sp³-hybridized carbons (Fsp3) is 0.524. The molecular formula is C21H28N6O3. The molecule has 3 aromatic rings. The van der Waals surface area contributed by atoms with Crippen molar-refractivity contribution in [3.63, 3.8) is 0 Å². The Kier molecular flexibility index (Phi) is 6.10. The molecule has 0 bridgehead atoms. The lowest BCUT2D eigenvalue weighted by atomic mass is 9.95. The predicted octanol–water partition coefficient (Wildman–Crippen LogP) is 1.99. The Balaban J connectivity index is 1.81. The van der Waals surface area contributed by atoms with Crippen molar-refractivity contribution in [2.75, 3.05) is 33.9 Å². The van der Waals surface area contributed by atoms with Gasteiger partial charge in [0.1, 0.15) is 11.8 Å². The first-order valence-corrected chi connectivity index (χ1v) is 10.3. The molecule has 9 nitrogen and oxygen atoms in total. The van der Waals surface area contributed by atoms with Gasteiger partial charge in [-0.25, -0.2) is 4.68 Å². The molecule has 0 unspecified atom stereocenters. The van der Waals surface area contributed by atoms with E-state index in [2.05, 4.69) is 32.3 Å². The summed E-state index contributed by atoms with van der Waals surface area (Å²) in [5.74, 6) is 2.05. The van der Waals surface area contributed by atoms with Gasteiger partial charge in [-0.3, -0.25) is 9.69 Å². The average Bonchev–Trinajstić information content (AvgIpc) is 3.21. The van der Waals surface area contributed by atoms with Crippen LogP contribution >= 0.6 is 0 Å². The summed E-state index contributed by atoms with van der Waals surface area (Å²) in [6.07, 6.45) is 2.16. The number of likely N-dealkylation sites (tertiary alicyclic amines) is 1. The van der Waals surface area contributed by atoms with Gasteiger partial charge >= 0.3 is 0 Å². The van der Waals surface area contributed by atoms with E-state index in [1.807, 2.05) is 24.3 Å². The summed E-state index contributed by atoms with van der Waals surface area (Å²) in [4.78, 5) is 18.5. The van der Waals surface area contributed by atoms with Gasteiger partial charge in [-0.1, -0.05) is 6.92 Å². The highest BCUT2D eigenvalue weighted by Gasteiger charge is 2.32. The van der Waals surface area contributed by atoms with Crippen molar-refractivity contribution in [2.45, 2.75) is 32.4 Å². The fourth-order valence-corrected chi connectivity index (χ4v) is 4.06. The SMILES string of the molecule is COCCn1nnnc1[C@H](c1cc2ccc(OC)cc2[nH]c1=O)N1CCC(C)CC1. The van der Waals surface area contributed by atoms with E-state index in [9.17, 15) is 4.79 Å². The number of hydrogen-bond acceptors (Lipinski definition) is 7. The number of nitrogens with one attached hydrogen (secondary N) is 1. The first-order valence-electron chi connectivity index (χ1n) is 10.3. The summed E-state index contributed by atoms with van der Waals surface area (Å²) >= 11 is 0. The lowest BCUT2D eigenvalue weighted by molar-refractivity contribution is 0.144. The maximum absolute atomic E-state index is 13.2. The summed E-state index contributed by atoms with van der Waals surface area (Å²) in [6, 6.07) is 7.31. The number of benzene rings is 1. The molecule has 9 heteroatoms. The Morgan fingerprint density at radius 2 is 2.03 bits per heavy atom. The monoisotopic (exact) mass is 412 g/mol. The van der Waals surface area contributed by atoms with Crippen molar-refractivity contribution in [3.05, 3.63) is 46.0 Å². The molecular weight excluding hydrogens is 384 g/mol. The summed E-state index contributed by atoms with van der Waals surface area (Å²) in [6.45, 7) is 5.08. The largest absolute Gasteiger partial charge is 0.497 e. The molecule has 0 amide bonds. The number of H-pyrrole nitrogens is 1. The molecule has 1 fully saturated rings. The third-order valence-electron chi connectivity index (χ3n) is 5.87. The van der Waals surface area contributed by atoms with Crippen molar-refractivity contribution in [1.82, 2.24) is 30.1 Å². The molecule has 1 aliphatic rings. The number of fused-ring (bicyclic) bond motifs is 1. The smallest absolute Gasteiger partial charge is 0.253 e. The molecule has 1 aromatic carbocycles. The molecule has 1 N–H and O–H groups in total. The van der Waals surface area contributed by atoms with Crippen molar-refractivity contribution < 1.29 is 9.47 Å². The molecule has 0 aliphatic carbocycles. The molecule has 1 atom stereocenters. The number of pyridine rings is 1. The lowest BCUT2D eigenvalue weighted by Crippen LogP contribution is -2.40. The van der Waals surface area contributed by atoms with Gasteiger partial charge in [0.15, 0.2) is 5.82 Å². The highest BCUT2D eigenvalue weighted by Crippen LogP contribution is 2.31. The fourth-order valence-electron chi connectivity index (χ4n) is 4.06. The van der Waals surface area contributed by atoms with Gasteiger partial charge in [-0.05, 0) is 65.9 Å². The van der Waals surface area contributed by atoms with E-state index in [1.165, 1.54) is 0 Å². The van der Waals surface area contributed by atoms with E-state index < -0.39 is 0 Å². The molecule has 1 aliphatic heterocycles. The minimum absolute atomic E-state index is 0.138. The molecule has 160 valence electrons. The van der Waals surface area contributed by atoms with E-state index >= 15 is 0 Å². The van der Waals surface area contributed by atoms with Crippen molar-refractivity contribution >= 4 is 10.9 Å². The Bertz CT molecular complexity index is 1050. The molecule has 30 heavy (non-hydrogen) atoms. The van der Waals surface area contributed by atoms with Gasteiger partial charge in [-0.2, -0.15) is 0 Å². The van der Waals surface area contributed by atoms with Crippen molar-refractivity contribution in [1.29, 1.82) is 0 Å². The maximum atomic E-state index is 13.2. The third-order valence-corrected chi connectivity index (χ3v) is 5.87. The maximum Gasteiger partial charge on any atom is 0.253 e. The van der Waals surface area contributed by atoms with Crippen LogP contribution in [0.5, 0.6) is 5.75 Å². The second-order valence-corrected chi connectivity index (χ2v) is 7.88. The second-order valence-electron chi connectivity index (χ2n) is 7.88. The minimum atomic E-state index is -0.320. The molecule has 0 radical (unpaired) electrons. The van der Waals surface area contributed by atoms with Gasteiger partial charge in [-0.15, -0.1) is 5.10 Å². The van der Waals surface area contributed by atoms with Crippen LogP contribution in [-0.2, 0) is 11.3 Å². The van der Waals surface area contributed by atoms with E-state index in [4.69, 9.17) is 9.47 Å². The number of aromatic amines is 1. The Morgan fingerprint density at radius 3 is 2.77 bits per heavy atom. The van der Waals surface area contributed by atoms with E-state index in [0.29, 0.717) is 36.2 Å². The van der Waals surface area contributed by atoms with Crippen molar-refractivity contribution in [3.8, 4) is 5.75 Å². The number of piperidine rings is 1. The average molecular weight is 412 g/mol. The first-order chi connectivity index (χ1) is 14.6. The summed E-state index contributed by atoms with van der Waals surface area (Å²) in [5, 5.41) is 13.3. The van der Waals surface area contributed by atoms with E-state index in [1.54, 1.807) is 18.9 Å². The minimum Gasteiger partial charge on any atom is -0.497 e. The van der Waals surface area contributed by atoms with Gasteiger partial charge in [0.25, 0.3) is 5.56 Å². The van der Waals surface area contributed by atoms with Crippen LogP contribution in [-0.4, -0.2) is 64.0 Å². The van der Waals surface area contributed by atoms with Crippen LogP contribution in [0.2, 0.25) is 0 Å². The topological polar surface area (TPSA) is 98.2 Å². The van der Waals surface area contributed by atoms with Crippen LogP contribution in [0, 0.1) is 5.92 Å². The van der Waals surface area contributed by atoms with Crippen LogP contribution in [0.1, 0.15) is 37.2 Å². The normalized spacial score (nSPS) is 16.8. The van der Waals surface area contributed by atoms with Crippen molar-refractivity contribution in [2.24, 2.45) is 5.92 Å². The number of hydrogen-bond donors (Lipinski definition) is 1. The summed E-state index contributed by atoms with van der Waals surface area (Å²) < 4.78 is 12.2. The quantitative estimate of drug-likeness (QED) is 0.634. The summed E-state index contributed by atoms with van der Waals surface area (Å²) in [7, 11) is 3.26. The number of methoxy groups -OCH3 is 2. The lowest BCUT2D eigenvalue weighted by Gasteiger charge is -2.35. The molecule has 2 aromatic heterocycles. The van der Waals surface area contributed by atoms with Gasteiger partial charge in [0, 0.05) is 18.7 Å². The van der Waals surface area contributed by atoms with Crippen LogP contribution in [0.4, 0.5) is 0 Å². The molecule has 1 saturated heterocycles. The zero-order chi connectivity index (χ0) is 21.1. The zero-order valence-electron chi connectivity index (χ0n) is 17.7. The van der Waals surface area contributed by atoms with Crippen LogP contribution in [0.25, 0.3) is 10.9 Å². The number of rotatable bonds is 7. The van der Waals surface area contributed by atoms with Crippen LogP contribution < -0.4 is 10.3 Å². The van der Waals surface area contributed by atoms with Gasteiger partial charge in [0.2, 0.25) is 0 Å². The van der Waals surface area contributed by atoms with Crippen LogP contribution in [0.3, 0.4) is 0 Å². The van der Waals surface area contributed by atoms with Crippen LogP contribution in [0.15, 0.2) is 29.1 Å². The Morgan fingerprint density at radius 1 is 1.23 bits per heavy atom. The number of ether oxygens (including phenoxy) is 2. The van der Waals surface area contributed by atoms with E-state index in [-0.39, 0.29) is 11.6 Å². The first kappa shape index (κ1) is 20.5. The molecule has 0 spiro atoms. The van der Waals surface area contributed by atoms with Gasteiger partial charge in [0.05, 0.1) is 25.8 Å². The zero-order valence-corrected chi connectivity index (χ0v) is 17.7. The third kappa shape index (κ3) is 4.08. The molecule has 0 saturated carbocycles. The predicted molar refractivity (Wildman–Crippen MR) is 113 cm³/mol. The molecule has 4 rings (SSSR count).